The van der Waals surface area contributed by atoms with Crippen molar-refractivity contribution in [3.05, 3.63) is 57.7 Å². The van der Waals surface area contributed by atoms with Crippen molar-refractivity contribution in [1.82, 2.24) is 9.47 Å². The molecule has 0 unspecified atom stereocenters. The molecule has 3 nitrogen and oxygen atoms in total. The highest BCUT2D eigenvalue weighted by molar-refractivity contribution is 9.10. The summed E-state index contributed by atoms with van der Waals surface area (Å²) < 4.78 is 3.68. The summed E-state index contributed by atoms with van der Waals surface area (Å²) in [5, 5.41) is 0. The van der Waals surface area contributed by atoms with Crippen LogP contribution in [-0.2, 0) is 4.79 Å². The molecule has 0 saturated carbocycles. The van der Waals surface area contributed by atoms with Crippen molar-refractivity contribution in [3.8, 4) is 5.69 Å². The number of hydrogen-bond acceptors (Lipinski definition) is 3. The molecule has 0 bridgehead atoms. The van der Waals surface area contributed by atoms with E-state index in [2.05, 4.69) is 15.9 Å². The van der Waals surface area contributed by atoms with Crippen molar-refractivity contribution < 1.29 is 4.79 Å². The van der Waals surface area contributed by atoms with E-state index >= 15 is 0 Å². The van der Waals surface area contributed by atoms with E-state index in [1.807, 2.05) is 60.2 Å². The Morgan fingerprint density at radius 1 is 1.32 bits per heavy atom. The largest absolute Gasteiger partial charge is 0.317 e. The summed E-state index contributed by atoms with van der Waals surface area (Å²) in [6.45, 7) is 2.53. The van der Waals surface area contributed by atoms with Crippen LogP contribution in [0.25, 0.3) is 11.8 Å². The first-order valence-corrected chi connectivity index (χ1v) is 8.80. The number of carbonyl (C=O) groups is 1. The van der Waals surface area contributed by atoms with Crippen molar-refractivity contribution >= 4 is 56.2 Å². The third kappa shape index (κ3) is 2.91. The van der Waals surface area contributed by atoms with E-state index in [4.69, 9.17) is 12.2 Å². The Kier molecular flexibility index (Phi) is 4.52. The Morgan fingerprint density at radius 3 is 2.82 bits per heavy atom. The van der Waals surface area contributed by atoms with Crippen molar-refractivity contribution in [3.63, 3.8) is 0 Å². The number of carbonyl (C=O) groups excluding carboxylic acids is 1. The van der Waals surface area contributed by atoms with E-state index < -0.39 is 0 Å². The van der Waals surface area contributed by atoms with Gasteiger partial charge in [-0.3, -0.25) is 9.69 Å². The van der Waals surface area contributed by atoms with Crippen LogP contribution in [0, 0.1) is 0 Å². The molecule has 0 spiro atoms. The fourth-order valence-corrected chi connectivity index (χ4v) is 4.04. The van der Waals surface area contributed by atoms with Gasteiger partial charge >= 0.3 is 0 Å². The number of halogens is 1. The monoisotopic (exact) mass is 392 g/mol. The van der Waals surface area contributed by atoms with Gasteiger partial charge < -0.3 is 4.57 Å². The van der Waals surface area contributed by atoms with Gasteiger partial charge in [0.2, 0.25) is 0 Å². The van der Waals surface area contributed by atoms with Gasteiger partial charge in [-0.05, 0) is 43.3 Å². The van der Waals surface area contributed by atoms with Crippen LogP contribution in [0.1, 0.15) is 12.6 Å². The van der Waals surface area contributed by atoms with Crippen LogP contribution in [0.4, 0.5) is 0 Å². The molecule has 1 fully saturated rings. The van der Waals surface area contributed by atoms with Crippen LogP contribution in [0.5, 0.6) is 0 Å². The second-order valence-corrected chi connectivity index (χ2v) is 7.30. The van der Waals surface area contributed by atoms with Gasteiger partial charge in [0, 0.05) is 28.6 Å². The van der Waals surface area contributed by atoms with Gasteiger partial charge in [0.1, 0.15) is 4.32 Å². The Balaban J connectivity index is 1.98. The second-order valence-electron chi connectivity index (χ2n) is 4.71. The van der Waals surface area contributed by atoms with Crippen LogP contribution in [0.15, 0.2) is 52.0 Å². The smallest absolute Gasteiger partial charge is 0.266 e. The molecule has 0 atom stereocenters. The molecule has 3 rings (SSSR count). The van der Waals surface area contributed by atoms with Crippen LogP contribution >= 0.6 is 39.9 Å². The average Bonchev–Trinajstić information content (AvgIpc) is 3.05. The molecular weight excluding hydrogens is 380 g/mol. The highest BCUT2D eigenvalue weighted by Gasteiger charge is 2.30. The van der Waals surface area contributed by atoms with E-state index in [1.165, 1.54) is 11.8 Å². The molecule has 1 aromatic carbocycles. The van der Waals surface area contributed by atoms with Crippen LogP contribution < -0.4 is 0 Å². The fraction of sp³-hybridized carbons (Fsp3) is 0.125. The standard InChI is InChI=1S/C16H13BrN2OS2/c1-2-18-15(20)14(22-16(18)21)10-13-7-4-8-19(13)12-6-3-5-11(17)9-12/h3-10H,2H2,1H3. The van der Waals surface area contributed by atoms with Crippen molar-refractivity contribution in [2.75, 3.05) is 6.54 Å². The minimum atomic E-state index is -0.0144. The molecule has 1 aliphatic rings. The number of amides is 1. The van der Waals surface area contributed by atoms with Gasteiger partial charge in [-0.15, -0.1) is 0 Å². The van der Waals surface area contributed by atoms with Crippen LogP contribution in [0.2, 0.25) is 0 Å². The van der Waals surface area contributed by atoms with E-state index in [0.717, 1.165) is 15.9 Å². The van der Waals surface area contributed by atoms with E-state index in [1.54, 1.807) is 4.90 Å². The molecule has 0 radical (unpaired) electrons. The van der Waals surface area contributed by atoms with Gasteiger partial charge in [0.25, 0.3) is 5.91 Å². The Labute approximate surface area is 147 Å². The maximum Gasteiger partial charge on any atom is 0.266 e. The third-order valence-corrected chi connectivity index (χ3v) is 5.21. The maximum atomic E-state index is 12.3. The Hall–Kier alpha value is -1.37. The molecule has 0 N–H and O–H groups in total. The molecule has 22 heavy (non-hydrogen) atoms. The third-order valence-electron chi connectivity index (χ3n) is 3.34. The number of hydrogen-bond donors (Lipinski definition) is 0. The quantitative estimate of drug-likeness (QED) is 0.569. The van der Waals surface area contributed by atoms with Gasteiger partial charge in [0.15, 0.2) is 0 Å². The molecular formula is C16H13BrN2OS2. The highest BCUT2D eigenvalue weighted by Crippen LogP contribution is 2.32. The van der Waals surface area contributed by atoms with Gasteiger partial charge in [0.05, 0.1) is 4.91 Å². The summed E-state index contributed by atoms with van der Waals surface area (Å²) in [6.07, 6.45) is 3.88. The van der Waals surface area contributed by atoms with Gasteiger partial charge in [-0.25, -0.2) is 0 Å². The van der Waals surface area contributed by atoms with E-state index in [0.29, 0.717) is 15.8 Å². The van der Waals surface area contributed by atoms with Gasteiger partial charge in [-0.1, -0.05) is 46.0 Å². The number of thioether (sulfide) groups is 1. The first-order valence-electron chi connectivity index (χ1n) is 6.79. The van der Waals surface area contributed by atoms with Gasteiger partial charge in [-0.2, -0.15) is 0 Å². The number of benzene rings is 1. The molecule has 1 saturated heterocycles. The molecule has 1 aliphatic heterocycles. The average molecular weight is 393 g/mol. The minimum absolute atomic E-state index is 0.0144. The fourth-order valence-electron chi connectivity index (χ4n) is 2.28. The number of rotatable bonds is 3. The Morgan fingerprint density at radius 2 is 2.14 bits per heavy atom. The topological polar surface area (TPSA) is 25.2 Å². The predicted octanol–water partition coefficient (Wildman–Crippen LogP) is 4.46. The summed E-state index contributed by atoms with van der Waals surface area (Å²) >= 11 is 10.1. The van der Waals surface area contributed by atoms with Crippen molar-refractivity contribution in [2.24, 2.45) is 0 Å². The number of aromatic nitrogens is 1. The zero-order valence-electron chi connectivity index (χ0n) is 11.8. The lowest BCUT2D eigenvalue weighted by atomic mass is 10.3. The summed E-state index contributed by atoms with van der Waals surface area (Å²) in [5.74, 6) is -0.0144. The molecule has 2 heterocycles. The molecule has 1 amide bonds. The van der Waals surface area contributed by atoms with Crippen LogP contribution in [0.3, 0.4) is 0 Å². The van der Waals surface area contributed by atoms with E-state index in [-0.39, 0.29) is 5.91 Å². The highest BCUT2D eigenvalue weighted by atomic mass is 79.9. The number of nitrogens with zero attached hydrogens (tertiary/aromatic N) is 2. The lowest BCUT2D eigenvalue weighted by molar-refractivity contribution is -0.121. The Bertz CT molecular complexity index is 782. The molecule has 2 aromatic rings. The minimum Gasteiger partial charge on any atom is -0.317 e. The summed E-state index contributed by atoms with van der Waals surface area (Å²) in [6, 6.07) is 12.0. The SMILES string of the molecule is CCN1C(=O)C(=Cc2cccn2-c2cccc(Br)c2)SC1=S. The first kappa shape index (κ1) is 15.5. The number of thiocarbonyl (C=S) groups is 1. The summed E-state index contributed by atoms with van der Waals surface area (Å²) in [4.78, 5) is 14.6. The predicted molar refractivity (Wildman–Crippen MR) is 99.0 cm³/mol. The zero-order chi connectivity index (χ0) is 15.7. The van der Waals surface area contributed by atoms with Crippen molar-refractivity contribution in [2.45, 2.75) is 6.92 Å². The normalized spacial score (nSPS) is 16.8. The van der Waals surface area contributed by atoms with E-state index in [9.17, 15) is 4.79 Å². The molecule has 112 valence electrons. The second kappa shape index (κ2) is 6.40. The summed E-state index contributed by atoms with van der Waals surface area (Å²) in [5.41, 5.74) is 1.99. The lowest BCUT2D eigenvalue weighted by Crippen LogP contribution is -2.27. The maximum absolute atomic E-state index is 12.3. The van der Waals surface area contributed by atoms with Crippen molar-refractivity contribution in [1.29, 1.82) is 0 Å². The molecule has 6 heteroatoms. The first-order chi connectivity index (χ1) is 10.6. The number of likely N-dealkylation sites (N-methyl/N-ethyl adjacent to an activating group) is 1. The lowest BCUT2D eigenvalue weighted by Gasteiger charge is -2.10. The molecule has 1 aromatic heterocycles. The summed E-state index contributed by atoms with van der Waals surface area (Å²) in [7, 11) is 0. The zero-order valence-corrected chi connectivity index (χ0v) is 15.0. The van der Waals surface area contributed by atoms with Crippen LogP contribution in [-0.4, -0.2) is 26.2 Å². The molecule has 0 aliphatic carbocycles.